The Morgan fingerprint density at radius 1 is 0.923 bits per heavy atom. The van der Waals surface area contributed by atoms with E-state index < -0.39 is 14.3 Å². The van der Waals surface area contributed by atoms with Crippen LogP contribution in [-0.2, 0) is 0 Å². The van der Waals surface area contributed by atoms with Crippen LogP contribution in [-0.4, -0.2) is 9.08 Å². The lowest BCUT2D eigenvalue weighted by Gasteiger charge is -2.11. The van der Waals surface area contributed by atoms with E-state index in [1.165, 1.54) is 19.1 Å². The van der Waals surface area contributed by atoms with Gasteiger partial charge in [-0.2, -0.15) is 0 Å². The molecule has 0 heterocycles. The van der Waals surface area contributed by atoms with E-state index in [1.807, 2.05) is 6.92 Å². The van der Waals surface area contributed by atoms with E-state index in [4.69, 9.17) is 0 Å². The highest BCUT2D eigenvalue weighted by Crippen LogP contribution is 2.16. The van der Waals surface area contributed by atoms with Crippen LogP contribution in [0.3, 0.4) is 0 Å². The van der Waals surface area contributed by atoms with Gasteiger partial charge in [0.1, 0.15) is 0 Å². The fraction of sp³-hybridized carbons (Fsp3) is 0.333. The SMILES string of the molecule is Cc1ccc([Si](F)(F)F)c(C)c1C. The molecule has 0 aliphatic heterocycles. The van der Waals surface area contributed by atoms with Gasteiger partial charge in [0.15, 0.2) is 0 Å². The zero-order valence-electron chi connectivity index (χ0n) is 7.79. The molecule has 0 saturated heterocycles. The van der Waals surface area contributed by atoms with Gasteiger partial charge in [-0.1, -0.05) is 12.1 Å². The van der Waals surface area contributed by atoms with Crippen LogP contribution in [0.4, 0.5) is 12.3 Å². The standard InChI is InChI=1S/C9H11F3Si/c1-6-4-5-9(13(10,11)12)8(3)7(6)2/h4-5H,1-3H3. The molecule has 0 aliphatic rings. The smallest absolute Gasteiger partial charge is 0.234 e. The third kappa shape index (κ3) is 1.93. The molecule has 0 unspecified atom stereocenters. The highest BCUT2D eigenvalue weighted by Gasteiger charge is 2.41. The molecule has 0 nitrogen and oxygen atoms in total. The first kappa shape index (κ1) is 10.3. The second-order valence-electron chi connectivity index (χ2n) is 3.18. The number of hydrogen-bond acceptors (Lipinski definition) is 0. The van der Waals surface area contributed by atoms with Crippen molar-refractivity contribution in [3.8, 4) is 0 Å². The number of hydrogen-bond donors (Lipinski definition) is 0. The molecule has 0 aromatic heterocycles. The normalized spacial score (nSPS) is 11.8. The molecule has 1 aromatic rings. The van der Waals surface area contributed by atoms with Crippen LogP contribution < -0.4 is 5.19 Å². The first-order valence-corrected chi connectivity index (χ1v) is 5.61. The van der Waals surface area contributed by atoms with Crippen molar-refractivity contribution >= 4 is 14.3 Å². The predicted molar refractivity (Wildman–Crippen MR) is 49.4 cm³/mol. The summed E-state index contributed by atoms with van der Waals surface area (Å²) < 4.78 is 37.5. The molecular formula is C9H11F3Si. The Labute approximate surface area is 76.9 Å². The minimum Gasteiger partial charge on any atom is -0.234 e. The molecule has 0 atom stereocenters. The summed E-state index contributed by atoms with van der Waals surface area (Å²) in [5.74, 6) is 0. The van der Waals surface area contributed by atoms with E-state index in [0.29, 0.717) is 5.56 Å². The van der Waals surface area contributed by atoms with Crippen LogP contribution in [0.15, 0.2) is 12.1 Å². The lowest BCUT2D eigenvalue weighted by Crippen LogP contribution is -2.36. The van der Waals surface area contributed by atoms with Gasteiger partial charge >= 0.3 is 9.08 Å². The fourth-order valence-electron chi connectivity index (χ4n) is 1.26. The Morgan fingerprint density at radius 3 is 1.92 bits per heavy atom. The summed E-state index contributed by atoms with van der Waals surface area (Å²) >= 11 is 0. The second kappa shape index (κ2) is 3.18. The van der Waals surface area contributed by atoms with Gasteiger partial charge in [-0.15, -0.1) is 0 Å². The van der Waals surface area contributed by atoms with E-state index >= 15 is 0 Å². The van der Waals surface area contributed by atoms with Gasteiger partial charge in [-0.05, 0) is 37.5 Å². The van der Waals surface area contributed by atoms with Gasteiger partial charge in [-0.25, -0.2) is 12.3 Å². The zero-order valence-corrected chi connectivity index (χ0v) is 8.79. The lowest BCUT2D eigenvalue weighted by atomic mass is 10.1. The van der Waals surface area contributed by atoms with Crippen molar-refractivity contribution in [3.63, 3.8) is 0 Å². The maximum atomic E-state index is 12.5. The molecule has 4 heteroatoms. The summed E-state index contributed by atoms with van der Waals surface area (Å²) in [6, 6.07) is 2.74. The van der Waals surface area contributed by atoms with Crippen molar-refractivity contribution in [2.24, 2.45) is 0 Å². The summed E-state index contributed by atoms with van der Waals surface area (Å²) in [6.07, 6.45) is 0. The van der Waals surface area contributed by atoms with Crippen LogP contribution in [0.1, 0.15) is 16.7 Å². The van der Waals surface area contributed by atoms with Gasteiger partial charge in [0, 0.05) is 5.19 Å². The average Bonchev–Trinajstić information content (AvgIpc) is 1.98. The van der Waals surface area contributed by atoms with Gasteiger partial charge in [0.25, 0.3) is 0 Å². The second-order valence-corrected chi connectivity index (χ2v) is 4.71. The minimum absolute atomic E-state index is 0.388. The van der Waals surface area contributed by atoms with Gasteiger partial charge in [0.2, 0.25) is 0 Å². The van der Waals surface area contributed by atoms with E-state index in [1.54, 1.807) is 6.92 Å². The molecule has 0 aliphatic carbocycles. The molecule has 0 fully saturated rings. The Bertz CT molecular complexity index is 328. The topological polar surface area (TPSA) is 0 Å². The third-order valence-corrected chi connectivity index (χ3v) is 3.52. The van der Waals surface area contributed by atoms with Crippen molar-refractivity contribution in [3.05, 3.63) is 28.8 Å². The number of halogens is 3. The highest BCUT2D eigenvalue weighted by molar-refractivity contribution is 6.74. The van der Waals surface area contributed by atoms with Gasteiger partial charge < -0.3 is 0 Å². The summed E-state index contributed by atoms with van der Waals surface area (Å²) in [6.45, 7) is 5.09. The quantitative estimate of drug-likeness (QED) is 0.487. The summed E-state index contributed by atoms with van der Waals surface area (Å²) in [5.41, 5.74) is 2.06. The summed E-state index contributed by atoms with van der Waals surface area (Å²) in [5, 5.41) is -0.393. The van der Waals surface area contributed by atoms with Crippen molar-refractivity contribution in [2.75, 3.05) is 0 Å². The first-order chi connectivity index (χ1) is 5.84. The Balaban J connectivity index is 3.35. The van der Waals surface area contributed by atoms with Crippen LogP contribution in [0.2, 0.25) is 0 Å². The molecule has 0 bridgehead atoms. The number of benzene rings is 1. The summed E-state index contributed by atoms with van der Waals surface area (Å²) in [4.78, 5) is 0. The van der Waals surface area contributed by atoms with E-state index in [9.17, 15) is 12.3 Å². The molecule has 13 heavy (non-hydrogen) atoms. The van der Waals surface area contributed by atoms with Crippen molar-refractivity contribution in [1.82, 2.24) is 0 Å². The molecule has 1 aromatic carbocycles. The molecule has 0 N–H and O–H groups in total. The third-order valence-electron chi connectivity index (χ3n) is 2.36. The molecule has 0 spiro atoms. The van der Waals surface area contributed by atoms with Crippen LogP contribution in [0.25, 0.3) is 0 Å². The fourth-order valence-corrected chi connectivity index (χ4v) is 2.15. The van der Waals surface area contributed by atoms with Crippen molar-refractivity contribution in [2.45, 2.75) is 20.8 Å². The first-order valence-electron chi connectivity index (χ1n) is 3.98. The van der Waals surface area contributed by atoms with Crippen molar-refractivity contribution in [1.29, 1.82) is 0 Å². The summed E-state index contributed by atoms with van der Waals surface area (Å²) in [7, 11) is -5.63. The van der Waals surface area contributed by atoms with E-state index in [0.717, 1.165) is 11.1 Å². The molecular weight excluding hydrogens is 193 g/mol. The molecule has 0 saturated carbocycles. The molecule has 0 amide bonds. The van der Waals surface area contributed by atoms with E-state index in [2.05, 4.69) is 0 Å². The largest absolute Gasteiger partial charge is 0.653 e. The van der Waals surface area contributed by atoms with Crippen LogP contribution >= 0.6 is 0 Å². The maximum absolute atomic E-state index is 12.5. The predicted octanol–water partition coefficient (Wildman–Crippen LogP) is 2.67. The van der Waals surface area contributed by atoms with E-state index in [-0.39, 0.29) is 0 Å². The Morgan fingerprint density at radius 2 is 1.46 bits per heavy atom. The molecule has 72 valence electrons. The number of rotatable bonds is 1. The number of aryl methyl sites for hydroxylation is 1. The minimum atomic E-state index is -5.63. The monoisotopic (exact) mass is 204 g/mol. The average molecular weight is 204 g/mol. The highest BCUT2D eigenvalue weighted by atomic mass is 28.5. The van der Waals surface area contributed by atoms with Gasteiger partial charge in [-0.3, -0.25) is 0 Å². The molecule has 1 rings (SSSR count). The maximum Gasteiger partial charge on any atom is 0.653 e. The Hall–Kier alpha value is -0.773. The zero-order chi connectivity index (χ0) is 10.2. The van der Waals surface area contributed by atoms with Gasteiger partial charge in [0.05, 0.1) is 0 Å². The Kier molecular flexibility index (Phi) is 2.52. The lowest BCUT2D eigenvalue weighted by molar-refractivity contribution is 0.500. The van der Waals surface area contributed by atoms with Crippen LogP contribution in [0, 0.1) is 20.8 Å². The molecule has 0 radical (unpaired) electrons. The van der Waals surface area contributed by atoms with Crippen LogP contribution in [0.5, 0.6) is 0 Å². The van der Waals surface area contributed by atoms with Crippen molar-refractivity contribution < 1.29 is 12.3 Å².